The maximum absolute atomic E-state index is 5.92. The van der Waals surface area contributed by atoms with Crippen LogP contribution >= 0.6 is 27.5 Å². The van der Waals surface area contributed by atoms with E-state index in [4.69, 9.17) is 22.1 Å². The van der Waals surface area contributed by atoms with Crippen molar-refractivity contribution < 1.29 is 4.74 Å². The zero-order valence-corrected chi connectivity index (χ0v) is 11.2. The lowest BCUT2D eigenvalue weighted by atomic mass is 10.2. The van der Waals surface area contributed by atoms with Gasteiger partial charge in [-0.05, 0) is 34.1 Å². The molecule has 0 amide bonds. The summed E-state index contributed by atoms with van der Waals surface area (Å²) in [5.74, 6) is 1.14. The third kappa shape index (κ3) is 3.19. The first-order valence-electron chi connectivity index (χ1n) is 4.97. The number of aromatic nitrogens is 1. The lowest BCUT2D eigenvalue weighted by Gasteiger charge is -2.09. The molecule has 0 bridgehead atoms. The quantitative estimate of drug-likeness (QED) is 0.939. The van der Waals surface area contributed by atoms with E-state index in [1.165, 1.54) is 0 Å². The molecular weight excluding hydrogens is 304 g/mol. The topological polar surface area (TPSA) is 48.1 Å². The van der Waals surface area contributed by atoms with Crippen LogP contribution in [0, 0.1) is 0 Å². The molecule has 0 aliphatic rings. The van der Waals surface area contributed by atoms with E-state index in [-0.39, 0.29) is 0 Å². The Morgan fingerprint density at radius 1 is 1.29 bits per heavy atom. The van der Waals surface area contributed by atoms with Crippen LogP contribution in [-0.4, -0.2) is 4.98 Å². The molecule has 0 spiro atoms. The normalized spacial score (nSPS) is 10.3. The van der Waals surface area contributed by atoms with Gasteiger partial charge in [0.25, 0.3) is 0 Å². The monoisotopic (exact) mass is 312 g/mol. The Kier molecular flexibility index (Phi) is 3.99. The van der Waals surface area contributed by atoms with Crippen molar-refractivity contribution in [2.24, 2.45) is 5.73 Å². The molecule has 3 nitrogen and oxygen atoms in total. The molecule has 0 fully saturated rings. The van der Waals surface area contributed by atoms with Crippen LogP contribution in [0.2, 0.25) is 5.02 Å². The molecule has 2 N–H and O–H groups in total. The number of pyridine rings is 1. The van der Waals surface area contributed by atoms with Crippen LogP contribution in [0.25, 0.3) is 0 Å². The fourth-order valence-electron chi connectivity index (χ4n) is 1.33. The van der Waals surface area contributed by atoms with E-state index in [2.05, 4.69) is 20.9 Å². The van der Waals surface area contributed by atoms with Crippen molar-refractivity contribution in [2.75, 3.05) is 0 Å². The van der Waals surface area contributed by atoms with Gasteiger partial charge in [0, 0.05) is 33.9 Å². The molecule has 0 unspecified atom stereocenters. The Balaban J connectivity index is 2.28. The summed E-state index contributed by atoms with van der Waals surface area (Å²) in [5, 5.41) is 0.606. The molecule has 0 aliphatic heterocycles. The summed E-state index contributed by atoms with van der Waals surface area (Å²) in [5.41, 5.74) is 6.52. The Bertz CT molecular complexity index is 516. The zero-order chi connectivity index (χ0) is 12.3. The molecule has 17 heavy (non-hydrogen) atoms. The maximum atomic E-state index is 5.92. The lowest BCUT2D eigenvalue weighted by molar-refractivity contribution is 0.457. The van der Waals surface area contributed by atoms with E-state index in [0.717, 1.165) is 10.0 Å². The van der Waals surface area contributed by atoms with Crippen molar-refractivity contribution in [3.8, 4) is 11.6 Å². The number of hydrogen-bond donors (Lipinski definition) is 1. The minimum atomic E-state index is 0.392. The summed E-state index contributed by atoms with van der Waals surface area (Å²) < 4.78 is 6.54. The molecule has 2 aromatic rings. The van der Waals surface area contributed by atoms with Crippen molar-refractivity contribution in [3.63, 3.8) is 0 Å². The van der Waals surface area contributed by atoms with E-state index in [1.54, 1.807) is 24.4 Å². The largest absolute Gasteiger partial charge is 0.439 e. The van der Waals surface area contributed by atoms with Gasteiger partial charge in [0.05, 0.1) is 0 Å². The van der Waals surface area contributed by atoms with Gasteiger partial charge in [0.2, 0.25) is 5.88 Å². The van der Waals surface area contributed by atoms with Gasteiger partial charge in [-0.2, -0.15) is 0 Å². The minimum absolute atomic E-state index is 0.392. The van der Waals surface area contributed by atoms with Gasteiger partial charge >= 0.3 is 0 Å². The van der Waals surface area contributed by atoms with Crippen LogP contribution in [0.4, 0.5) is 0 Å². The lowest BCUT2D eigenvalue weighted by Crippen LogP contribution is -1.99. The molecule has 0 radical (unpaired) electrons. The summed E-state index contributed by atoms with van der Waals surface area (Å²) >= 11 is 9.23. The van der Waals surface area contributed by atoms with E-state index in [1.807, 2.05) is 12.1 Å². The summed E-state index contributed by atoms with van der Waals surface area (Å²) in [4.78, 5) is 4.13. The summed E-state index contributed by atoms with van der Waals surface area (Å²) in [6.45, 7) is 0.392. The average molecular weight is 314 g/mol. The Morgan fingerprint density at radius 3 is 2.76 bits per heavy atom. The number of halogens is 2. The van der Waals surface area contributed by atoms with Gasteiger partial charge in [-0.25, -0.2) is 4.98 Å². The van der Waals surface area contributed by atoms with Crippen LogP contribution in [0.15, 0.2) is 41.0 Å². The third-order valence-corrected chi connectivity index (χ3v) is 2.87. The molecule has 0 aliphatic carbocycles. The smallest absolute Gasteiger partial charge is 0.219 e. The zero-order valence-electron chi connectivity index (χ0n) is 8.86. The molecule has 88 valence electrons. The van der Waals surface area contributed by atoms with Crippen molar-refractivity contribution in [2.45, 2.75) is 6.54 Å². The van der Waals surface area contributed by atoms with Crippen molar-refractivity contribution in [1.29, 1.82) is 0 Å². The second-order valence-electron chi connectivity index (χ2n) is 3.37. The van der Waals surface area contributed by atoms with E-state index < -0.39 is 0 Å². The second kappa shape index (κ2) is 5.49. The SMILES string of the molecule is NCc1ccc(Cl)cc1Oc1ccc(Br)cn1. The highest BCUT2D eigenvalue weighted by Crippen LogP contribution is 2.27. The minimum Gasteiger partial charge on any atom is -0.439 e. The Hall–Kier alpha value is -1.10. The fraction of sp³-hybridized carbons (Fsp3) is 0.0833. The molecule has 2 rings (SSSR count). The molecule has 0 atom stereocenters. The highest BCUT2D eigenvalue weighted by molar-refractivity contribution is 9.10. The molecule has 0 saturated carbocycles. The first kappa shape index (κ1) is 12.4. The van der Waals surface area contributed by atoms with Gasteiger partial charge in [-0.1, -0.05) is 17.7 Å². The van der Waals surface area contributed by atoms with Gasteiger partial charge < -0.3 is 10.5 Å². The third-order valence-electron chi connectivity index (χ3n) is 2.16. The number of benzene rings is 1. The van der Waals surface area contributed by atoms with Crippen LogP contribution in [0.3, 0.4) is 0 Å². The predicted octanol–water partition coefficient (Wildman–Crippen LogP) is 3.75. The molecule has 1 heterocycles. The first-order valence-corrected chi connectivity index (χ1v) is 6.14. The highest BCUT2D eigenvalue weighted by Gasteiger charge is 2.05. The Morgan fingerprint density at radius 2 is 2.12 bits per heavy atom. The number of ether oxygens (including phenoxy) is 1. The van der Waals surface area contributed by atoms with E-state index >= 15 is 0 Å². The number of hydrogen-bond acceptors (Lipinski definition) is 3. The van der Waals surface area contributed by atoms with Gasteiger partial charge in [-0.3, -0.25) is 0 Å². The molecular formula is C12H10BrClN2O. The second-order valence-corrected chi connectivity index (χ2v) is 4.72. The summed E-state index contributed by atoms with van der Waals surface area (Å²) in [6, 6.07) is 8.98. The van der Waals surface area contributed by atoms with Crippen molar-refractivity contribution in [1.82, 2.24) is 4.98 Å². The van der Waals surface area contributed by atoms with E-state index in [0.29, 0.717) is 23.2 Å². The molecule has 1 aromatic heterocycles. The van der Waals surface area contributed by atoms with Crippen molar-refractivity contribution >= 4 is 27.5 Å². The predicted molar refractivity (Wildman–Crippen MR) is 71.4 cm³/mol. The first-order chi connectivity index (χ1) is 8.19. The molecule has 0 saturated heterocycles. The molecule has 1 aromatic carbocycles. The fourth-order valence-corrected chi connectivity index (χ4v) is 1.72. The Labute approximate surface area is 113 Å². The highest BCUT2D eigenvalue weighted by atomic mass is 79.9. The number of rotatable bonds is 3. The standard InChI is InChI=1S/C12H10BrClN2O/c13-9-2-4-12(16-7-9)17-11-5-10(14)3-1-8(11)6-15/h1-5,7H,6,15H2. The summed E-state index contributed by atoms with van der Waals surface area (Å²) in [7, 11) is 0. The van der Waals surface area contributed by atoms with Gasteiger partial charge in [0.1, 0.15) is 5.75 Å². The van der Waals surface area contributed by atoms with Gasteiger partial charge in [0.15, 0.2) is 0 Å². The van der Waals surface area contributed by atoms with Crippen LogP contribution in [-0.2, 0) is 6.54 Å². The average Bonchev–Trinajstić information content (AvgIpc) is 2.32. The van der Waals surface area contributed by atoms with Crippen molar-refractivity contribution in [3.05, 3.63) is 51.6 Å². The van der Waals surface area contributed by atoms with Crippen LogP contribution in [0.5, 0.6) is 11.6 Å². The van der Waals surface area contributed by atoms with Crippen LogP contribution < -0.4 is 10.5 Å². The maximum Gasteiger partial charge on any atom is 0.219 e. The molecule has 5 heteroatoms. The summed E-state index contributed by atoms with van der Waals surface area (Å²) in [6.07, 6.45) is 1.67. The number of nitrogens with two attached hydrogens (primary N) is 1. The van der Waals surface area contributed by atoms with Gasteiger partial charge in [-0.15, -0.1) is 0 Å². The van der Waals surface area contributed by atoms with Crippen LogP contribution in [0.1, 0.15) is 5.56 Å². The van der Waals surface area contributed by atoms with E-state index in [9.17, 15) is 0 Å². The number of nitrogens with zero attached hydrogens (tertiary/aromatic N) is 1.